The molecule has 1 aliphatic carbocycles. The van der Waals surface area contributed by atoms with Crippen LogP contribution in [0.25, 0.3) is 0 Å². The molecule has 4 atom stereocenters. The largest absolute Gasteiger partial charge is 0.393 e. The molecule has 3 heterocycles. The van der Waals surface area contributed by atoms with Crippen LogP contribution in [0, 0.1) is 17.8 Å². The van der Waals surface area contributed by atoms with Gasteiger partial charge in [-0.3, -0.25) is 14.4 Å². The first kappa shape index (κ1) is 12.3. The number of carbonyl (C=O) groups excluding carboxylic acids is 3. The van der Waals surface area contributed by atoms with Crippen molar-refractivity contribution in [3.05, 3.63) is 48.0 Å². The third-order valence-corrected chi connectivity index (χ3v) is 4.53. The minimum atomic E-state index is -0.632. The van der Waals surface area contributed by atoms with Crippen molar-refractivity contribution >= 4 is 17.8 Å². The first-order valence-electron chi connectivity index (χ1n) is 6.95. The zero-order valence-corrected chi connectivity index (χ0v) is 11.1. The van der Waals surface area contributed by atoms with Gasteiger partial charge in [-0.1, -0.05) is 42.5 Å². The van der Waals surface area contributed by atoms with Crippen LogP contribution in [0.2, 0.25) is 0 Å². The van der Waals surface area contributed by atoms with Crippen LogP contribution in [0.15, 0.2) is 42.5 Å². The molecule has 0 spiro atoms. The van der Waals surface area contributed by atoms with E-state index in [1.807, 2.05) is 36.4 Å². The maximum atomic E-state index is 12.5. The summed E-state index contributed by atoms with van der Waals surface area (Å²) in [7, 11) is 0. The molecule has 1 amide bonds. The van der Waals surface area contributed by atoms with Crippen LogP contribution in [0.1, 0.15) is 5.56 Å². The second-order valence-corrected chi connectivity index (χ2v) is 5.64. The first-order valence-corrected chi connectivity index (χ1v) is 6.95. The fourth-order valence-corrected chi connectivity index (χ4v) is 3.56. The Kier molecular flexibility index (Phi) is 2.51. The predicted molar refractivity (Wildman–Crippen MR) is 71.5 cm³/mol. The molecule has 1 aromatic rings. The van der Waals surface area contributed by atoms with Gasteiger partial charge in [-0.25, -0.2) is 0 Å². The van der Waals surface area contributed by atoms with Crippen LogP contribution in [0.5, 0.6) is 0 Å². The minimum absolute atomic E-state index is 0.0979. The van der Waals surface area contributed by atoms with Gasteiger partial charge >= 0.3 is 11.9 Å². The number of ether oxygens (including phenoxy) is 1. The van der Waals surface area contributed by atoms with Crippen molar-refractivity contribution in [2.75, 3.05) is 0 Å². The Labute approximate surface area is 121 Å². The van der Waals surface area contributed by atoms with Crippen molar-refractivity contribution in [1.82, 2.24) is 4.90 Å². The second kappa shape index (κ2) is 4.28. The summed E-state index contributed by atoms with van der Waals surface area (Å²) in [6, 6.07) is 9.23. The second-order valence-electron chi connectivity index (χ2n) is 5.64. The molecule has 1 aromatic carbocycles. The first-order chi connectivity index (χ1) is 10.2. The molecular formula is C16H13NO4. The summed E-state index contributed by atoms with van der Waals surface area (Å²) in [6.07, 6.45) is 3.60. The van der Waals surface area contributed by atoms with Gasteiger partial charge in [0.2, 0.25) is 5.91 Å². The molecule has 5 nitrogen and oxygen atoms in total. The van der Waals surface area contributed by atoms with Gasteiger partial charge in [0.05, 0.1) is 23.8 Å². The maximum Gasteiger partial charge on any atom is 0.319 e. The summed E-state index contributed by atoms with van der Waals surface area (Å²) in [5.74, 6) is -2.91. The lowest BCUT2D eigenvalue weighted by Gasteiger charge is -2.45. The number of carbonyl (C=O) groups is 3. The Hall–Kier alpha value is -2.43. The number of cyclic esters (lactones) is 2. The van der Waals surface area contributed by atoms with E-state index < -0.39 is 29.7 Å². The summed E-state index contributed by atoms with van der Waals surface area (Å²) < 4.78 is 4.74. The molecule has 5 heteroatoms. The highest BCUT2D eigenvalue weighted by Gasteiger charge is 2.60. The molecule has 0 unspecified atom stereocenters. The van der Waals surface area contributed by atoms with Crippen LogP contribution in [0.3, 0.4) is 0 Å². The molecule has 106 valence electrons. The molecule has 5 rings (SSSR count). The summed E-state index contributed by atoms with van der Waals surface area (Å²) in [5, 5.41) is 0. The third kappa shape index (κ3) is 1.67. The Balaban J connectivity index is 1.69. The predicted octanol–water partition coefficient (Wildman–Crippen LogP) is 0.899. The topological polar surface area (TPSA) is 63.7 Å². The summed E-state index contributed by atoms with van der Waals surface area (Å²) in [5.41, 5.74) is 1.00. The molecule has 2 bridgehead atoms. The van der Waals surface area contributed by atoms with E-state index in [9.17, 15) is 14.4 Å². The fraction of sp³-hybridized carbons (Fsp3) is 0.312. The molecule has 0 saturated carbocycles. The summed E-state index contributed by atoms with van der Waals surface area (Å²) in [6.45, 7) is 0.440. The van der Waals surface area contributed by atoms with E-state index in [0.29, 0.717) is 6.54 Å². The van der Waals surface area contributed by atoms with E-state index in [-0.39, 0.29) is 11.9 Å². The average Bonchev–Trinajstić information content (AvgIpc) is 2.80. The van der Waals surface area contributed by atoms with Crippen LogP contribution in [-0.4, -0.2) is 28.8 Å². The lowest BCUT2D eigenvalue weighted by molar-refractivity contribution is -0.154. The number of esters is 2. The summed E-state index contributed by atoms with van der Waals surface area (Å²) in [4.78, 5) is 37.9. The van der Waals surface area contributed by atoms with Gasteiger partial charge in [0.15, 0.2) is 0 Å². The number of fused-ring (bicyclic) bond motifs is 1. The van der Waals surface area contributed by atoms with Gasteiger partial charge in [-0.2, -0.15) is 0 Å². The van der Waals surface area contributed by atoms with Crippen molar-refractivity contribution in [2.24, 2.45) is 17.8 Å². The van der Waals surface area contributed by atoms with Crippen LogP contribution in [0.4, 0.5) is 0 Å². The number of hydrogen-bond donors (Lipinski definition) is 0. The maximum absolute atomic E-state index is 12.5. The Morgan fingerprint density at radius 2 is 1.67 bits per heavy atom. The monoisotopic (exact) mass is 283 g/mol. The molecule has 21 heavy (non-hydrogen) atoms. The third-order valence-electron chi connectivity index (χ3n) is 4.53. The Morgan fingerprint density at radius 1 is 0.952 bits per heavy atom. The highest BCUT2D eigenvalue weighted by Crippen LogP contribution is 2.45. The van der Waals surface area contributed by atoms with E-state index in [4.69, 9.17) is 4.74 Å². The zero-order chi connectivity index (χ0) is 14.6. The van der Waals surface area contributed by atoms with Crippen molar-refractivity contribution in [1.29, 1.82) is 0 Å². The fourth-order valence-electron chi connectivity index (χ4n) is 3.56. The van der Waals surface area contributed by atoms with Crippen molar-refractivity contribution in [3.8, 4) is 0 Å². The number of rotatable bonds is 2. The lowest BCUT2D eigenvalue weighted by Crippen LogP contribution is -2.58. The van der Waals surface area contributed by atoms with Gasteiger partial charge in [-0.15, -0.1) is 0 Å². The lowest BCUT2D eigenvalue weighted by atomic mass is 9.69. The number of piperidine rings is 1. The van der Waals surface area contributed by atoms with E-state index in [1.54, 1.807) is 11.0 Å². The molecule has 2 saturated heterocycles. The van der Waals surface area contributed by atoms with Crippen LogP contribution in [-0.2, 0) is 25.7 Å². The van der Waals surface area contributed by atoms with E-state index >= 15 is 0 Å². The smallest absolute Gasteiger partial charge is 0.319 e. The highest BCUT2D eigenvalue weighted by atomic mass is 16.6. The molecule has 3 aliphatic heterocycles. The molecule has 2 fully saturated rings. The Bertz CT molecular complexity index is 666. The van der Waals surface area contributed by atoms with E-state index in [1.165, 1.54) is 0 Å². The Morgan fingerprint density at radius 3 is 2.43 bits per heavy atom. The summed E-state index contributed by atoms with van der Waals surface area (Å²) >= 11 is 0. The van der Waals surface area contributed by atoms with Gasteiger partial charge in [0.1, 0.15) is 0 Å². The highest BCUT2D eigenvalue weighted by molar-refractivity contribution is 6.03. The zero-order valence-electron chi connectivity index (χ0n) is 11.1. The molecule has 0 aromatic heterocycles. The SMILES string of the molecule is O=C1OC(=O)[C@H]2[C@@H]1[C@@H]1C=C[C@H]2N(Cc2ccccc2)C1=O. The quantitative estimate of drug-likeness (QED) is 0.459. The number of nitrogens with zero attached hydrogens (tertiary/aromatic N) is 1. The van der Waals surface area contributed by atoms with Crippen molar-refractivity contribution in [3.63, 3.8) is 0 Å². The van der Waals surface area contributed by atoms with Gasteiger partial charge in [0.25, 0.3) is 0 Å². The number of hydrogen-bond acceptors (Lipinski definition) is 4. The van der Waals surface area contributed by atoms with Crippen molar-refractivity contribution < 1.29 is 19.1 Å². The van der Waals surface area contributed by atoms with Gasteiger partial charge < -0.3 is 9.64 Å². The van der Waals surface area contributed by atoms with E-state index in [0.717, 1.165) is 5.56 Å². The number of benzene rings is 1. The minimum Gasteiger partial charge on any atom is -0.393 e. The standard InChI is InChI=1S/C16H13NO4/c18-14-10-6-7-11(13-12(10)15(19)21-16(13)20)17(14)8-9-4-2-1-3-5-9/h1-7,10-13H,8H2/t10-,11+,12-,13+/m0/s1. The average molecular weight is 283 g/mol. The number of amides is 1. The van der Waals surface area contributed by atoms with Gasteiger partial charge in [0, 0.05) is 6.54 Å². The molecule has 0 N–H and O–H groups in total. The van der Waals surface area contributed by atoms with Crippen LogP contribution >= 0.6 is 0 Å². The molecule has 4 aliphatic rings. The van der Waals surface area contributed by atoms with Gasteiger partial charge in [-0.05, 0) is 5.56 Å². The van der Waals surface area contributed by atoms with E-state index in [2.05, 4.69) is 0 Å². The normalized spacial score (nSPS) is 33.3. The van der Waals surface area contributed by atoms with Crippen molar-refractivity contribution in [2.45, 2.75) is 12.6 Å². The molecular weight excluding hydrogens is 270 g/mol. The molecule has 0 radical (unpaired) electrons. The van der Waals surface area contributed by atoms with Crippen LogP contribution < -0.4 is 0 Å².